The highest BCUT2D eigenvalue weighted by atomic mass is 16.5. The predicted octanol–water partition coefficient (Wildman–Crippen LogP) is 4.40. The number of hydrogen-bond acceptors (Lipinski definition) is 4. The summed E-state index contributed by atoms with van der Waals surface area (Å²) < 4.78 is 11.3. The second-order valence-electron chi connectivity index (χ2n) is 5.76. The summed E-state index contributed by atoms with van der Waals surface area (Å²) in [4.78, 5) is 0. The molecule has 0 saturated heterocycles. The molecule has 3 aromatic rings. The van der Waals surface area contributed by atoms with Crippen LogP contribution in [0.15, 0.2) is 84.0 Å². The Balaban J connectivity index is 1.61. The van der Waals surface area contributed by atoms with Crippen LogP contribution in [0.25, 0.3) is 0 Å². The summed E-state index contributed by atoms with van der Waals surface area (Å²) in [5.41, 5.74) is 6.29. The van der Waals surface area contributed by atoms with Crippen LogP contribution in [-0.2, 0) is 13.2 Å². The number of nitrogens with one attached hydrogen (secondary N) is 1. The van der Waals surface area contributed by atoms with E-state index in [1.165, 1.54) is 5.56 Å². The third kappa shape index (κ3) is 5.11. The fourth-order valence-electron chi connectivity index (χ4n) is 2.47. The van der Waals surface area contributed by atoms with Gasteiger partial charge in [0.15, 0.2) is 11.5 Å². The van der Waals surface area contributed by atoms with Gasteiger partial charge in [-0.3, -0.25) is 0 Å². The molecule has 0 unspecified atom stereocenters. The van der Waals surface area contributed by atoms with Gasteiger partial charge in [-0.1, -0.05) is 60.7 Å². The van der Waals surface area contributed by atoms with Gasteiger partial charge in [0.05, 0.1) is 19.9 Å². The zero-order chi connectivity index (χ0) is 18.0. The van der Waals surface area contributed by atoms with Crippen molar-refractivity contribution in [2.75, 3.05) is 7.11 Å². The van der Waals surface area contributed by atoms with Crippen molar-refractivity contribution in [3.63, 3.8) is 0 Å². The van der Waals surface area contributed by atoms with Gasteiger partial charge in [-0.05, 0) is 34.9 Å². The first kappa shape index (κ1) is 17.5. The number of nitrogens with zero attached hydrogens (tertiary/aromatic N) is 1. The molecule has 26 heavy (non-hydrogen) atoms. The molecule has 0 aliphatic rings. The average molecular weight is 346 g/mol. The van der Waals surface area contributed by atoms with E-state index < -0.39 is 0 Å². The Morgan fingerprint density at radius 3 is 2.23 bits per heavy atom. The maximum absolute atomic E-state index is 5.92. The van der Waals surface area contributed by atoms with Gasteiger partial charge in [0.1, 0.15) is 6.61 Å². The van der Waals surface area contributed by atoms with E-state index in [0.29, 0.717) is 24.7 Å². The summed E-state index contributed by atoms with van der Waals surface area (Å²) in [7, 11) is 1.64. The lowest BCUT2D eigenvalue weighted by Crippen LogP contribution is -2.05. The number of hydrogen-bond donors (Lipinski definition) is 1. The van der Waals surface area contributed by atoms with E-state index in [-0.39, 0.29) is 0 Å². The number of ether oxygens (including phenoxy) is 2. The van der Waals surface area contributed by atoms with E-state index in [2.05, 4.69) is 22.7 Å². The second kappa shape index (κ2) is 9.28. The fourth-order valence-corrected chi connectivity index (χ4v) is 2.47. The Labute approximate surface area is 154 Å². The van der Waals surface area contributed by atoms with E-state index in [1.807, 2.05) is 66.7 Å². The van der Waals surface area contributed by atoms with E-state index in [4.69, 9.17) is 9.47 Å². The zero-order valence-corrected chi connectivity index (χ0v) is 14.8. The van der Waals surface area contributed by atoms with Crippen molar-refractivity contribution in [1.29, 1.82) is 0 Å². The van der Waals surface area contributed by atoms with Gasteiger partial charge in [0.25, 0.3) is 0 Å². The van der Waals surface area contributed by atoms with E-state index in [1.54, 1.807) is 13.3 Å². The standard InChI is InChI=1S/C22H22N2O2/c1-25-21-13-12-20(16-24-23-15-18-8-4-2-5-9-18)14-22(21)26-17-19-10-6-3-7-11-19/h2-14,16,23H,15,17H2,1H3. The van der Waals surface area contributed by atoms with Gasteiger partial charge in [-0.2, -0.15) is 5.10 Å². The van der Waals surface area contributed by atoms with Crippen LogP contribution < -0.4 is 14.9 Å². The first-order chi connectivity index (χ1) is 12.8. The molecule has 0 heterocycles. The smallest absolute Gasteiger partial charge is 0.162 e. The minimum Gasteiger partial charge on any atom is -0.493 e. The summed E-state index contributed by atoms with van der Waals surface area (Å²) in [6.07, 6.45) is 1.78. The number of methoxy groups -OCH3 is 1. The summed E-state index contributed by atoms with van der Waals surface area (Å²) in [5, 5.41) is 4.28. The van der Waals surface area contributed by atoms with Crippen molar-refractivity contribution >= 4 is 6.21 Å². The molecule has 3 aromatic carbocycles. The van der Waals surface area contributed by atoms with E-state index in [0.717, 1.165) is 11.1 Å². The molecule has 0 atom stereocenters. The zero-order valence-electron chi connectivity index (χ0n) is 14.8. The van der Waals surface area contributed by atoms with Crippen LogP contribution in [0.2, 0.25) is 0 Å². The highest BCUT2D eigenvalue weighted by Gasteiger charge is 2.05. The first-order valence-corrected chi connectivity index (χ1v) is 8.50. The Morgan fingerprint density at radius 2 is 1.54 bits per heavy atom. The van der Waals surface area contributed by atoms with Crippen molar-refractivity contribution in [3.8, 4) is 11.5 Å². The van der Waals surface area contributed by atoms with E-state index in [9.17, 15) is 0 Å². The molecule has 0 aromatic heterocycles. The van der Waals surface area contributed by atoms with Crippen LogP contribution in [0.1, 0.15) is 16.7 Å². The van der Waals surface area contributed by atoms with Gasteiger partial charge >= 0.3 is 0 Å². The van der Waals surface area contributed by atoms with Crippen molar-refractivity contribution in [2.45, 2.75) is 13.2 Å². The molecular weight excluding hydrogens is 324 g/mol. The Morgan fingerprint density at radius 1 is 0.846 bits per heavy atom. The third-order valence-electron chi connectivity index (χ3n) is 3.86. The maximum Gasteiger partial charge on any atom is 0.162 e. The monoisotopic (exact) mass is 346 g/mol. The SMILES string of the molecule is COc1ccc(C=NNCc2ccccc2)cc1OCc1ccccc1. The molecule has 4 nitrogen and oxygen atoms in total. The molecule has 0 fully saturated rings. The van der Waals surface area contributed by atoms with Gasteiger partial charge in [0, 0.05) is 0 Å². The van der Waals surface area contributed by atoms with Crippen molar-refractivity contribution in [1.82, 2.24) is 5.43 Å². The van der Waals surface area contributed by atoms with Crippen molar-refractivity contribution in [3.05, 3.63) is 95.6 Å². The minimum atomic E-state index is 0.490. The first-order valence-electron chi connectivity index (χ1n) is 8.50. The van der Waals surface area contributed by atoms with Crippen molar-refractivity contribution in [2.24, 2.45) is 5.10 Å². The van der Waals surface area contributed by atoms with Gasteiger partial charge in [0.2, 0.25) is 0 Å². The Bertz CT molecular complexity index is 833. The normalized spacial score (nSPS) is 10.7. The van der Waals surface area contributed by atoms with Crippen LogP contribution in [0, 0.1) is 0 Å². The highest BCUT2D eigenvalue weighted by molar-refractivity contribution is 5.80. The summed E-state index contributed by atoms with van der Waals surface area (Å²) >= 11 is 0. The lowest BCUT2D eigenvalue weighted by atomic mass is 10.2. The third-order valence-corrected chi connectivity index (χ3v) is 3.86. The van der Waals surface area contributed by atoms with Crippen LogP contribution in [-0.4, -0.2) is 13.3 Å². The molecule has 132 valence electrons. The molecule has 0 saturated carbocycles. The molecule has 0 aliphatic carbocycles. The molecule has 0 spiro atoms. The molecule has 0 radical (unpaired) electrons. The van der Waals surface area contributed by atoms with E-state index >= 15 is 0 Å². The fraction of sp³-hybridized carbons (Fsp3) is 0.136. The lowest BCUT2D eigenvalue weighted by molar-refractivity contribution is 0.284. The number of rotatable bonds is 8. The quantitative estimate of drug-likeness (QED) is 0.486. The maximum atomic E-state index is 5.92. The van der Waals surface area contributed by atoms with Gasteiger partial charge in [-0.15, -0.1) is 0 Å². The molecule has 4 heteroatoms. The molecule has 3 rings (SSSR count). The van der Waals surface area contributed by atoms with Crippen LogP contribution in [0.3, 0.4) is 0 Å². The largest absolute Gasteiger partial charge is 0.493 e. The molecule has 1 N–H and O–H groups in total. The number of benzene rings is 3. The average Bonchev–Trinajstić information content (AvgIpc) is 2.71. The predicted molar refractivity (Wildman–Crippen MR) is 105 cm³/mol. The Kier molecular flexibility index (Phi) is 6.26. The van der Waals surface area contributed by atoms with Crippen molar-refractivity contribution < 1.29 is 9.47 Å². The summed E-state index contributed by atoms with van der Waals surface area (Å²) in [5.74, 6) is 1.40. The highest BCUT2D eigenvalue weighted by Crippen LogP contribution is 2.28. The minimum absolute atomic E-state index is 0.490. The topological polar surface area (TPSA) is 42.8 Å². The van der Waals surface area contributed by atoms with Gasteiger partial charge in [-0.25, -0.2) is 0 Å². The van der Waals surface area contributed by atoms with Gasteiger partial charge < -0.3 is 14.9 Å². The lowest BCUT2D eigenvalue weighted by Gasteiger charge is -2.11. The molecular formula is C22H22N2O2. The van der Waals surface area contributed by atoms with Crippen LogP contribution in [0.4, 0.5) is 0 Å². The Hall–Kier alpha value is -3.27. The second-order valence-corrected chi connectivity index (χ2v) is 5.76. The van der Waals surface area contributed by atoms with Crippen LogP contribution >= 0.6 is 0 Å². The summed E-state index contributed by atoms with van der Waals surface area (Å²) in [6.45, 7) is 1.18. The summed E-state index contributed by atoms with van der Waals surface area (Å²) in [6, 6.07) is 26.0. The molecule has 0 amide bonds. The molecule has 0 aliphatic heterocycles. The number of hydrazone groups is 1. The molecule has 0 bridgehead atoms. The van der Waals surface area contributed by atoms with Crippen LogP contribution in [0.5, 0.6) is 11.5 Å².